The molecule has 0 radical (unpaired) electrons. The summed E-state index contributed by atoms with van der Waals surface area (Å²) in [5.74, 6) is -0.390. The molecule has 0 aliphatic heterocycles. The molecular weight excluding hydrogens is 192 g/mol. The fourth-order valence-electron chi connectivity index (χ4n) is 2.83. The largest absolute Gasteiger partial charge is 0.481 e. The number of carboxylic acid groups (broad SMARTS) is 1. The van der Waals surface area contributed by atoms with Crippen molar-refractivity contribution >= 4 is 11.8 Å². The van der Waals surface area contributed by atoms with E-state index < -0.39 is 5.97 Å². The Morgan fingerprint density at radius 3 is 2.60 bits per heavy atom. The van der Waals surface area contributed by atoms with Crippen LogP contribution in [0.15, 0.2) is 0 Å². The van der Waals surface area contributed by atoms with Crippen LogP contribution >= 0.6 is 0 Å². The molecule has 3 nitrogen and oxygen atoms in total. The molecule has 0 spiro atoms. The van der Waals surface area contributed by atoms with Crippen LogP contribution < -0.4 is 0 Å². The zero-order chi connectivity index (χ0) is 11.5. The van der Waals surface area contributed by atoms with Gasteiger partial charge in [-0.2, -0.15) is 0 Å². The average molecular weight is 212 g/mol. The highest BCUT2D eigenvalue weighted by molar-refractivity contribution is 5.76. The van der Waals surface area contributed by atoms with E-state index in [1.54, 1.807) is 6.92 Å². The first kappa shape index (κ1) is 12.2. The first-order valence-electron chi connectivity index (χ1n) is 5.65. The Labute approximate surface area is 90.9 Å². The third-order valence-electron chi connectivity index (χ3n) is 3.61. The SMILES string of the molecule is CC(=O)C[C@]1(C)CCCC[C@H]1CC(=O)O. The first-order valence-corrected chi connectivity index (χ1v) is 5.65. The van der Waals surface area contributed by atoms with Gasteiger partial charge in [0.05, 0.1) is 0 Å². The highest BCUT2D eigenvalue weighted by Crippen LogP contribution is 2.45. The lowest BCUT2D eigenvalue weighted by molar-refractivity contribution is -0.140. The van der Waals surface area contributed by atoms with Crippen molar-refractivity contribution < 1.29 is 14.7 Å². The van der Waals surface area contributed by atoms with Crippen LogP contribution in [0.25, 0.3) is 0 Å². The van der Waals surface area contributed by atoms with Gasteiger partial charge in [-0.25, -0.2) is 0 Å². The van der Waals surface area contributed by atoms with E-state index in [-0.39, 0.29) is 23.5 Å². The van der Waals surface area contributed by atoms with Crippen molar-refractivity contribution in [1.29, 1.82) is 0 Å². The van der Waals surface area contributed by atoms with Gasteiger partial charge in [-0.15, -0.1) is 0 Å². The Hall–Kier alpha value is -0.860. The maximum atomic E-state index is 11.2. The summed E-state index contributed by atoms with van der Waals surface area (Å²) in [6, 6.07) is 0. The topological polar surface area (TPSA) is 54.4 Å². The summed E-state index contributed by atoms with van der Waals surface area (Å²) in [6.45, 7) is 3.67. The van der Waals surface area contributed by atoms with Crippen molar-refractivity contribution in [3.8, 4) is 0 Å². The monoisotopic (exact) mass is 212 g/mol. The molecule has 1 N–H and O–H groups in total. The van der Waals surface area contributed by atoms with E-state index in [1.807, 2.05) is 0 Å². The molecule has 0 aromatic carbocycles. The zero-order valence-electron chi connectivity index (χ0n) is 9.58. The predicted molar refractivity (Wildman–Crippen MR) is 57.6 cm³/mol. The molecule has 1 aliphatic carbocycles. The van der Waals surface area contributed by atoms with Gasteiger partial charge in [0.2, 0.25) is 0 Å². The Bertz CT molecular complexity index is 260. The molecule has 0 heterocycles. The van der Waals surface area contributed by atoms with Crippen LogP contribution in [0.3, 0.4) is 0 Å². The van der Waals surface area contributed by atoms with Crippen molar-refractivity contribution in [1.82, 2.24) is 0 Å². The highest BCUT2D eigenvalue weighted by Gasteiger charge is 2.38. The van der Waals surface area contributed by atoms with Crippen LogP contribution in [-0.4, -0.2) is 16.9 Å². The van der Waals surface area contributed by atoms with Crippen LogP contribution in [-0.2, 0) is 9.59 Å². The molecule has 1 fully saturated rings. The van der Waals surface area contributed by atoms with E-state index in [4.69, 9.17) is 5.11 Å². The standard InChI is InChI=1S/C12H20O3/c1-9(13)8-12(2)6-4-3-5-10(12)7-11(14)15/h10H,3-8H2,1-2H3,(H,14,15)/t10-,12-/m0/s1. The number of carbonyl (C=O) groups excluding carboxylic acids is 1. The molecule has 1 saturated carbocycles. The molecule has 1 rings (SSSR count). The van der Waals surface area contributed by atoms with Gasteiger partial charge in [-0.1, -0.05) is 19.8 Å². The zero-order valence-corrected chi connectivity index (χ0v) is 9.58. The Morgan fingerprint density at radius 1 is 1.40 bits per heavy atom. The molecule has 86 valence electrons. The van der Waals surface area contributed by atoms with E-state index in [9.17, 15) is 9.59 Å². The van der Waals surface area contributed by atoms with Gasteiger partial charge >= 0.3 is 5.97 Å². The Balaban J connectivity index is 2.71. The van der Waals surface area contributed by atoms with Gasteiger partial charge in [-0.05, 0) is 31.1 Å². The second-order valence-corrected chi connectivity index (χ2v) is 5.07. The van der Waals surface area contributed by atoms with Crippen molar-refractivity contribution in [2.75, 3.05) is 0 Å². The molecule has 2 atom stereocenters. The fourth-order valence-corrected chi connectivity index (χ4v) is 2.83. The third-order valence-corrected chi connectivity index (χ3v) is 3.61. The van der Waals surface area contributed by atoms with Crippen LogP contribution in [0.5, 0.6) is 0 Å². The van der Waals surface area contributed by atoms with Crippen LogP contribution in [0.2, 0.25) is 0 Å². The van der Waals surface area contributed by atoms with Gasteiger partial charge in [0, 0.05) is 12.8 Å². The van der Waals surface area contributed by atoms with E-state index >= 15 is 0 Å². The van der Waals surface area contributed by atoms with Crippen LogP contribution in [0.1, 0.15) is 52.4 Å². The van der Waals surface area contributed by atoms with Gasteiger partial charge in [0.25, 0.3) is 0 Å². The van der Waals surface area contributed by atoms with E-state index in [0.717, 1.165) is 25.7 Å². The van der Waals surface area contributed by atoms with Gasteiger partial charge in [0.1, 0.15) is 5.78 Å². The van der Waals surface area contributed by atoms with Crippen molar-refractivity contribution in [3.05, 3.63) is 0 Å². The summed E-state index contributed by atoms with van der Waals surface area (Å²) < 4.78 is 0. The van der Waals surface area contributed by atoms with E-state index in [2.05, 4.69) is 6.92 Å². The number of carbonyl (C=O) groups is 2. The van der Waals surface area contributed by atoms with Crippen LogP contribution in [0.4, 0.5) is 0 Å². The van der Waals surface area contributed by atoms with E-state index in [0.29, 0.717) is 6.42 Å². The smallest absolute Gasteiger partial charge is 0.303 e. The molecule has 0 amide bonds. The minimum Gasteiger partial charge on any atom is -0.481 e. The molecule has 15 heavy (non-hydrogen) atoms. The molecule has 0 aromatic rings. The fraction of sp³-hybridized carbons (Fsp3) is 0.833. The third kappa shape index (κ3) is 3.33. The van der Waals surface area contributed by atoms with Gasteiger partial charge in [-0.3, -0.25) is 4.79 Å². The van der Waals surface area contributed by atoms with Gasteiger partial charge < -0.3 is 9.90 Å². The first-order chi connectivity index (χ1) is 6.94. The summed E-state index contributed by atoms with van der Waals surface area (Å²) in [6.07, 6.45) is 4.92. The molecule has 0 bridgehead atoms. The van der Waals surface area contributed by atoms with Crippen molar-refractivity contribution in [2.45, 2.75) is 52.4 Å². The van der Waals surface area contributed by atoms with Crippen LogP contribution in [0, 0.1) is 11.3 Å². The number of Topliss-reactive ketones (excluding diaryl/α,β-unsaturated/α-hetero) is 1. The molecule has 0 unspecified atom stereocenters. The second kappa shape index (κ2) is 4.77. The number of ketones is 1. The summed E-state index contributed by atoms with van der Waals surface area (Å²) in [7, 11) is 0. The minimum absolute atomic E-state index is 0.0809. The highest BCUT2D eigenvalue weighted by atomic mass is 16.4. The summed E-state index contributed by atoms with van der Waals surface area (Å²) in [4.78, 5) is 22.0. The number of aliphatic carboxylic acids is 1. The summed E-state index contributed by atoms with van der Waals surface area (Å²) >= 11 is 0. The lowest BCUT2D eigenvalue weighted by atomic mass is 9.64. The number of carboxylic acids is 1. The predicted octanol–water partition coefficient (Wildman–Crippen LogP) is 2.64. The number of hydrogen-bond acceptors (Lipinski definition) is 2. The lowest BCUT2D eigenvalue weighted by Gasteiger charge is -2.40. The molecular formula is C12H20O3. The van der Waals surface area contributed by atoms with Gasteiger partial charge in [0.15, 0.2) is 0 Å². The normalized spacial score (nSPS) is 31.2. The van der Waals surface area contributed by atoms with Crippen molar-refractivity contribution in [3.63, 3.8) is 0 Å². The van der Waals surface area contributed by atoms with E-state index in [1.165, 1.54) is 0 Å². The van der Waals surface area contributed by atoms with Crippen molar-refractivity contribution in [2.24, 2.45) is 11.3 Å². The number of hydrogen-bond donors (Lipinski definition) is 1. The molecule has 1 aliphatic rings. The maximum absolute atomic E-state index is 11.2. The quantitative estimate of drug-likeness (QED) is 0.779. The Morgan fingerprint density at radius 2 is 2.07 bits per heavy atom. The average Bonchev–Trinajstić information content (AvgIpc) is 2.07. The molecule has 0 aromatic heterocycles. The maximum Gasteiger partial charge on any atom is 0.303 e. The second-order valence-electron chi connectivity index (χ2n) is 5.07. The lowest BCUT2D eigenvalue weighted by Crippen LogP contribution is -2.34. The molecule has 3 heteroatoms. The number of rotatable bonds is 4. The molecule has 0 saturated heterocycles. The summed E-state index contributed by atoms with van der Waals surface area (Å²) in [5.41, 5.74) is -0.0809. The Kier molecular flexibility index (Phi) is 3.89. The minimum atomic E-state index is -0.739. The summed E-state index contributed by atoms with van der Waals surface area (Å²) in [5, 5.41) is 8.85.